The maximum absolute atomic E-state index is 12.7. The lowest BCUT2D eigenvalue weighted by atomic mass is 10.1. The van der Waals surface area contributed by atoms with Gasteiger partial charge in [-0.05, 0) is 65.2 Å². The van der Waals surface area contributed by atoms with Crippen LogP contribution in [-0.4, -0.2) is 12.5 Å². The largest absolute Gasteiger partial charge is 0.490 e. The Bertz CT molecular complexity index is 1490. The van der Waals surface area contributed by atoms with Crippen LogP contribution in [0.3, 0.4) is 0 Å². The van der Waals surface area contributed by atoms with Crippen molar-refractivity contribution in [1.29, 1.82) is 5.26 Å². The molecule has 0 atom stereocenters. The molecule has 1 N–H and O–H groups in total. The molecule has 0 aromatic heterocycles. The van der Waals surface area contributed by atoms with Crippen molar-refractivity contribution in [3.05, 3.63) is 105 Å². The van der Waals surface area contributed by atoms with E-state index in [1.54, 1.807) is 36.4 Å². The number of hydrogen-bond acceptors (Lipinski definition) is 4. The van der Waals surface area contributed by atoms with Gasteiger partial charge >= 0.3 is 0 Å². The molecule has 0 aliphatic rings. The van der Waals surface area contributed by atoms with E-state index in [1.807, 2.05) is 31.2 Å². The van der Waals surface area contributed by atoms with Gasteiger partial charge in [0, 0.05) is 4.47 Å². The zero-order chi connectivity index (χ0) is 25.5. The van der Waals surface area contributed by atoms with Crippen molar-refractivity contribution in [3.63, 3.8) is 0 Å². The second kappa shape index (κ2) is 11.8. The third-order valence-electron chi connectivity index (χ3n) is 5.36. The Balaban J connectivity index is 1.57. The van der Waals surface area contributed by atoms with Crippen LogP contribution in [0.5, 0.6) is 11.5 Å². The maximum atomic E-state index is 12.7. The Labute approximate surface area is 223 Å². The molecule has 180 valence electrons. The van der Waals surface area contributed by atoms with E-state index in [0.717, 1.165) is 10.9 Å². The lowest BCUT2D eigenvalue weighted by Crippen LogP contribution is -2.13. The summed E-state index contributed by atoms with van der Waals surface area (Å²) in [6.45, 7) is 2.66. The predicted octanol–water partition coefficient (Wildman–Crippen LogP) is 7.78. The first-order chi connectivity index (χ1) is 17.5. The Morgan fingerprint density at radius 3 is 2.47 bits per heavy atom. The Hall–Kier alpha value is -3.79. The molecule has 0 aliphatic carbocycles. The van der Waals surface area contributed by atoms with Gasteiger partial charge in [-0.2, -0.15) is 5.26 Å². The summed E-state index contributed by atoms with van der Waals surface area (Å²) in [6, 6.07) is 26.7. The Kier molecular flexibility index (Phi) is 8.27. The van der Waals surface area contributed by atoms with Gasteiger partial charge in [-0.15, -0.1) is 0 Å². The highest BCUT2D eigenvalue weighted by Crippen LogP contribution is 2.36. The summed E-state index contributed by atoms with van der Waals surface area (Å²) in [5, 5.41) is 15.0. The van der Waals surface area contributed by atoms with Crippen LogP contribution in [0.25, 0.3) is 16.8 Å². The van der Waals surface area contributed by atoms with E-state index in [4.69, 9.17) is 21.1 Å². The minimum Gasteiger partial charge on any atom is -0.490 e. The van der Waals surface area contributed by atoms with Crippen molar-refractivity contribution < 1.29 is 14.3 Å². The molecule has 0 bridgehead atoms. The molecule has 7 heteroatoms. The highest BCUT2D eigenvalue weighted by atomic mass is 79.9. The van der Waals surface area contributed by atoms with Crippen LogP contribution in [0.2, 0.25) is 5.02 Å². The van der Waals surface area contributed by atoms with Crippen LogP contribution in [-0.2, 0) is 11.4 Å². The highest BCUT2D eigenvalue weighted by Gasteiger charge is 2.15. The summed E-state index contributed by atoms with van der Waals surface area (Å²) in [4.78, 5) is 12.7. The lowest BCUT2D eigenvalue weighted by Gasteiger charge is -2.14. The van der Waals surface area contributed by atoms with Crippen molar-refractivity contribution in [2.75, 3.05) is 11.9 Å². The highest BCUT2D eigenvalue weighted by molar-refractivity contribution is 9.10. The number of carbonyl (C=O) groups is 1. The summed E-state index contributed by atoms with van der Waals surface area (Å²) in [6.07, 6.45) is 1.49. The fourth-order valence-electron chi connectivity index (χ4n) is 3.59. The van der Waals surface area contributed by atoms with Crippen molar-refractivity contribution in [1.82, 2.24) is 0 Å². The number of rotatable bonds is 8. The van der Waals surface area contributed by atoms with Gasteiger partial charge in [-0.25, -0.2) is 0 Å². The molecule has 4 aromatic rings. The number of fused-ring (bicyclic) bond motifs is 1. The molecular weight excluding hydrogens is 540 g/mol. The molecule has 4 rings (SSSR count). The van der Waals surface area contributed by atoms with Crippen LogP contribution < -0.4 is 14.8 Å². The van der Waals surface area contributed by atoms with E-state index >= 15 is 0 Å². The zero-order valence-corrected chi connectivity index (χ0v) is 21.8. The standard InChI is InChI=1S/C29H22BrClN2O3/c1-2-35-27-15-22(14-23(17-32)29(34)33-26-10-6-5-9-25(26)31)24(30)16-28(27)36-18-19-11-12-20-7-3-4-8-21(20)13-19/h3-16H,2,18H2,1H3,(H,33,34)/b23-14+. The molecule has 0 spiro atoms. The molecule has 36 heavy (non-hydrogen) atoms. The van der Waals surface area contributed by atoms with Gasteiger partial charge in [0.2, 0.25) is 0 Å². The van der Waals surface area contributed by atoms with Gasteiger partial charge in [0.1, 0.15) is 18.2 Å². The minimum atomic E-state index is -0.563. The summed E-state index contributed by atoms with van der Waals surface area (Å²) >= 11 is 9.66. The van der Waals surface area contributed by atoms with Crippen LogP contribution in [0.1, 0.15) is 18.1 Å². The SMILES string of the molecule is CCOc1cc(/C=C(\C#N)C(=O)Nc2ccccc2Cl)c(Br)cc1OCc1ccc2ccccc2c1. The number of ether oxygens (including phenoxy) is 2. The number of amides is 1. The van der Waals surface area contributed by atoms with Gasteiger partial charge < -0.3 is 14.8 Å². The molecule has 0 saturated carbocycles. The minimum absolute atomic E-state index is 0.0806. The zero-order valence-electron chi connectivity index (χ0n) is 19.4. The van der Waals surface area contributed by atoms with E-state index in [2.05, 4.69) is 45.5 Å². The fraction of sp³-hybridized carbons (Fsp3) is 0.103. The molecule has 0 fully saturated rings. The van der Waals surface area contributed by atoms with Crippen LogP contribution in [0.15, 0.2) is 88.9 Å². The number of nitrogens with zero attached hydrogens (tertiary/aromatic N) is 1. The smallest absolute Gasteiger partial charge is 0.266 e. The number of halogens is 2. The van der Waals surface area contributed by atoms with Crippen LogP contribution >= 0.6 is 27.5 Å². The average Bonchev–Trinajstić information content (AvgIpc) is 2.89. The average molecular weight is 562 g/mol. The maximum Gasteiger partial charge on any atom is 0.266 e. The molecule has 4 aromatic carbocycles. The quantitative estimate of drug-likeness (QED) is 0.176. The number of hydrogen-bond donors (Lipinski definition) is 1. The van der Waals surface area contributed by atoms with E-state index in [9.17, 15) is 10.1 Å². The number of para-hydroxylation sites is 1. The number of benzene rings is 4. The summed E-state index contributed by atoms with van der Waals surface area (Å²) in [5.41, 5.74) is 1.97. The van der Waals surface area contributed by atoms with Gasteiger partial charge in [0.15, 0.2) is 11.5 Å². The van der Waals surface area contributed by atoms with Crippen molar-refractivity contribution in [2.24, 2.45) is 0 Å². The van der Waals surface area contributed by atoms with Crippen LogP contribution in [0, 0.1) is 11.3 Å². The van der Waals surface area contributed by atoms with Gasteiger partial charge in [-0.1, -0.05) is 76.1 Å². The first-order valence-corrected chi connectivity index (χ1v) is 12.4. The summed E-state index contributed by atoms with van der Waals surface area (Å²) < 4.78 is 12.5. The van der Waals surface area contributed by atoms with Gasteiger partial charge in [0.25, 0.3) is 5.91 Å². The monoisotopic (exact) mass is 560 g/mol. The van der Waals surface area contributed by atoms with Crippen molar-refractivity contribution in [2.45, 2.75) is 13.5 Å². The summed E-state index contributed by atoms with van der Waals surface area (Å²) in [7, 11) is 0. The molecule has 0 unspecified atom stereocenters. The van der Waals surface area contributed by atoms with E-state index in [1.165, 1.54) is 11.5 Å². The van der Waals surface area contributed by atoms with Gasteiger partial charge in [-0.3, -0.25) is 4.79 Å². The number of nitrogens with one attached hydrogen (secondary N) is 1. The number of anilines is 1. The van der Waals surface area contributed by atoms with Crippen molar-refractivity contribution in [3.8, 4) is 17.6 Å². The first-order valence-electron chi connectivity index (χ1n) is 11.2. The third kappa shape index (κ3) is 6.06. The van der Waals surface area contributed by atoms with E-state index < -0.39 is 5.91 Å². The molecule has 5 nitrogen and oxygen atoms in total. The molecular formula is C29H22BrClN2O3. The number of carbonyl (C=O) groups excluding carboxylic acids is 1. The van der Waals surface area contributed by atoms with Crippen molar-refractivity contribution >= 4 is 56.0 Å². The normalized spacial score (nSPS) is 11.1. The van der Waals surface area contributed by atoms with Crippen LogP contribution in [0.4, 0.5) is 5.69 Å². The second-order valence-electron chi connectivity index (χ2n) is 7.83. The van der Waals surface area contributed by atoms with E-state index in [-0.39, 0.29) is 5.57 Å². The Morgan fingerprint density at radius 2 is 1.72 bits per heavy atom. The topological polar surface area (TPSA) is 71.3 Å². The number of nitriles is 1. The molecule has 0 radical (unpaired) electrons. The first kappa shape index (κ1) is 25.3. The summed E-state index contributed by atoms with van der Waals surface area (Å²) in [5.74, 6) is 0.497. The fourth-order valence-corrected chi connectivity index (χ4v) is 4.21. The predicted molar refractivity (Wildman–Crippen MR) is 147 cm³/mol. The second-order valence-corrected chi connectivity index (χ2v) is 9.09. The molecule has 0 saturated heterocycles. The Morgan fingerprint density at radius 1 is 1.00 bits per heavy atom. The lowest BCUT2D eigenvalue weighted by molar-refractivity contribution is -0.112. The van der Waals surface area contributed by atoms with E-state index in [0.29, 0.717) is 45.5 Å². The molecule has 0 aliphatic heterocycles. The van der Waals surface area contributed by atoms with Gasteiger partial charge in [0.05, 0.1) is 17.3 Å². The third-order valence-corrected chi connectivity index (χ3v) is 6.37. The molecule has 1 amide bonds. The molecule has 0 heterocycles.